The van der Waals surface area contributed by atoms with Crippen LogP contribution in [0.15, 0.2) is 0 Å². The van der Waals surface area contributed by atoms with Crippen molar-refractivity contribution < 1.29 is 14.7 Å². The molecule has 1 saturated heterocycles. The number of carbonyl (C=O) groups excluding carboxylic acids is 1. The quantitative estimate of drug-likeness (QED) is 0.767. The molecule has 1 heterocycles. The molecule has 1 saturated carbocycles. The van der Waals surface area contributed by atoms with Gasteiger partial charge < -0.3 is 15.3 Å². The minimum Gasteiger partial charge on any atom is -0.481 e. The van der Waals surface area contributed by atoms with E-state index in [9.17, 15) is 9.59 Å². The van der Waals surface area contributed by atoms with E-state index in [1.807, 2.05) is 4.90 Å². The van der Waals surface area contributed by atoms with Crippen LogP contribution in [0.5, 0.6) is 0 Å². The third-order valence-corrected chi connectivity index (χ3v) is 3.74. The lowest BCUT2D eigenvalue weighted by Gasteiger charge is -2.29. The van der Waals surface area contributed by atoms with Crippen LogP contribution in [0.2, 0.25) is 0 Å². The fraction of sp³-hybridized carbons (Fsp3) is 0.833. The van der Waals surface area contributed by atoms with Crippen LogP contribution in [0.25, 0.3) is 0 Å². The Morgan fingerprint density at radius 3 is 2.47 bits per heavy atom. The summed E-state index contributed by atoms with van der Waals surface area (Å²) in [5.41, 5.74) is 0. The van der Waals surface area contributed by atoms with Crippen molar-refractivity contribution in [2.75, 3.05) is 13.1 Å². The van der Waals surface area contributed by atoms with Crippen LogP contribution in [0.3, 0.4) is 0 Å². The van der Waals surface area contributed by atoms with Gasteiger partial charge in [-0.15, -0.1) is 0 Å². The predicted octanol–water partition coefficient (Wildman–Crippen LogP) is 1.44. The highest BCUT2D eigenvalue weighted by Gasteiger charge is 2.29. The third-order valence-electron chi connectivity index (χ3n) is 3.74. The summed E-state index contributed by atoms with van der Waals surface area (Å²) in [5, 5.41) is 11.9. The van der Waals surface area contributed by atoms with Crippen molar-refractivity contribution in [2.45, 2.75) is 44.6 Å². The number of likely N-dealkylation sites (tertiary alicyclic amines) is 1. The van der Waals surface area contributed by atoms with Crippen LogP contribution in [-0.4, -0.2) is 41.1 Å². The van der Waals surface area contributed by atoms with E-state index in [4.69, 9.17) is 5.11 Å². The van der Waals surface area contributed by atoms with Crippen molar-refractivity contribution in [1.82, 2.24) is 10.2 Å². The van der Waals surface area contributed by atoms with Gasteiger partial charge in [0.15, 0.2) is 0 Å². The van der Waals surface area contributed by atoms with Crippen LogP contribution in [0.4, 0.5) is 4.79 Å². The molecule has 0 bridgehead atoms. The van der Waals surface area contributed by atoms with Gasteiger partial charge in [0.25, 0.3) is 0 Å². The third kappa shape index (κ3) is 3.11. The fourth-order valence-corrected chi connectivity index (χ4v) is 2.73. The molecule has 0 aromatic heterocycles. The number of hydrogen-bond acceptors (Lipinski definition) is 2. The SMILES string of the molecule is O=C(O)C1CCCC(NC(=O)N2CCCC2)C1. The number of carboxylic acid groups (broad SMARTS) is 1. The van der Waals surface area contributed by atoms with Crippen LogP contribution in [0.1, 0.15) is 38.5 Å². The Morgan fingerprint density at radius 2 is 1.82 bits per heavy atom. The Bertz CT molecular complexity index is 300. The zero-order chi connectivity index (χ0) is 12.3. The molecule has 17 heavy (non-hydrogen) atoms. The number of urea groups is 1. The smallest absolute Gasteiger partial charge is 0.317 e. The first-order valence-corrected chi connectivity index (χ1v) is 6.45. The number of aliphatic carboxylic acids is 1. The maximum absolute atomic E-state index is 11.9. The lowest BCUT2D eigenvalue weighted by atomic mass is 9.86. The number of hydrogen-bond donors (Lipinski definition) is 2. The topological polar surface area (TPSA) is 69.6 Å². The van der Waals surface area contributed by atoms with Gasteiger partial charge in [-0.05, 0) is 32.1 Å². The average molecular weight is 240 g/mol. The van der Waals surface area contributed by atoms with Crippen LogP contribution < -0.4 is 5.32 Å². The number of rotatable bonds is 2. The van der Waals surface area contributed by atoms with E-state index in [0.717, 1.165) is 45.2 Å². The fourth-order valence-electron chi connectivity index (χ4n) is 2.73. The lowest BCUT2D eigenvalue weighted by Crippen LogP contribution is -2.46. The summed E-state index contributed by atoms with van der Waals surface area (Å²) in [6.07, 6.45) is 5.28. The molecule has 1 aliphatic heterocycles. The van der Waals surface area contributed by atoms with E-state index in [2.05, 4.69) is 5.32 Å². The Labute approximate surface area is 101 Å². The summed E-state index contributed by atoms with van der Waals surface area (Å²) in [7, 11) is 0. The monoisotopic (exact) mass is 240 g/mol. The molecule has 2 rings (SSSR count). The lowest BCUT2D eigenvalue weighted by molar-refractivity contribution is -0.143. The molecule has 96 valence electrons. The maximum Gasteiger partial charge on any atom is 0.317 e. The van der Waals surface area contributed by atoms with Crippen molar-refractivity contribution in [2.24, 2.45) is 5.92 Å². The standard InChI is InChI=1S/C12H20N2O3/c15-11(16)9-4-3-5-10(8-9)13-12(17)14-6-1-2-7-14/h9-10H,1-8H2,(H,13,17)(H,15,16). The number of nitrogens with zero attached hydrogens (tertiary/aromatic N) is 1. The van der Waals surface area contributed by atoms with E-state index in [1.54, 1.807) is 0 Å². The van der Waals surface area contributed by atoms with Crippen LogP contribution in [0, 0.1) is 5.92 Å². The molecule has 5 nitrogen and oxygen atoms in total. The van der Waals surface area contributed by atoms with Gasteiger partial charge in [-0.2, -0.15) is 0 Å². The molecule has 2 amide bonds. The van der Waals surface area contributed by atoms with Crippen molar-refractivity contribution in [1.29, 1.82) is 0 Å². The van der Waals surface area contributed by atoms with Gasteiger partial charge in [0.2, 0.25) is 0 Å². The van der Waals surface area contributed by atoms with Crippen molar-refractivity contribution in [3.8, 4) is 0 Å². The molecule has 0 radical (unpaired) electrons. The summed E-state index contributed by atoms with van der Waals surface area (Å²) in [6.45, 7) is 1.67. The minimum atomic E-state index is -0.731. The molecular weight excluding hydrogens is 220 g/mol. The normalized spacial score (nSPS) is 29.1. The van der Waals surface area contributed by atoms with E-state index < -0.39 is 5.97 Å². The van der Waals surface area contributed by atoms with Gasteiger partial charge in [-0.3, -0.25) is 4.79 Å². The van der Waals surface area contributed by atoms with Crippen LogP contribution >= 0.6 is 0 Å². The summed E-state index contributed by atoms with van der Waals surface area (Å²) < 4.78 is 0. The molecule has 2 N–H and O–H groups in total. The van der Waals surface area contributed by atoms with Crippen molar-refractivity contribution in [3.05, 3.63) is 0 Å². The van der Waals surface area contributed by atoms with Gasteiger partial charge in [-0.1, -0.05) is 6.42 Å². The molecule has 0 aromatic carbocycles. The maximum atomic E-state index is 11.9. The molecular formula is C12H20N2O3. The second-order valence-electron chi connectivity index (χ2n) is 5.04. The van der Waals surface area contributed by atoms with E-state index in [-0.39, 0.29) is 18.0 Å². The van der Waals surface area contributed by atoms with Crippen molar-refractivity contribution in [3.63, 3.8) is 0 Å². The highest BCUT2D eigenvalue weighted by atomic mass is 16.4. The largest absolute Gasteiger partial charge is 0.481 e. The van der Waals surface area contributed by atoms with Gasteiger partial charge >= 0.3 is 12.0 Å². The second-order valence-corrected chi connectivity index (χ2v) is 5.04. The number of carboxylic acids is 1. The van der Waals surface area contributed by atoms with E-state index in [1.165, 1.54) is 0 Å². The molecule has 2 aliphatic rings. The molecule has 2 atom stereocenters. The molecule has 0 aromatic rings. The first kappa shape index (κ1) is 12.2. The summed E-state index contributed by atoms with van der Waals surface area (Å²) in [5.74, 6) is -1.02. The molecule has 0 spiro atoms. The molecule has 1 aliphatic carbocycles. The summed E-state index contributed by atoms with van der Waals surface area (Å²) in [6, 6.07) is 0.0245. The first-order chi connectivity index (χ1) is 8.16. The van der Waals surface area contributed by atoms with Crippen LogP contribution in [-0.2, 0) is 4.79 Å². The predicted molar refractivity (Wildman–Crippen MR) is 62.7 cm³/mol. The number of nitrogens with one attached hydrogen (secondary N) is 1. The Kier molecular flexibility index (Phi) is 3.86. The zero-order valence-corrected chi connectivity index (χ0v) is 10.0. The summed E-state index contributed by atoms with van der Waals surface area (Å²) in [4.78, 5) is 24.6. The van der Waals surface area contributed by atoms with Gasteiger partial charge in [0.1, 0.15) is 0 Å². The van der Waals surface area contributed by atoms with Gasteiger partial charge in [0, 0.05) is 19.1 Å². The van der Waals surface area contributed by atoms with Gasteiger partial charge in [0.05, 0.1) is 5.92 Å². The summed E-state index contributed by atoms with van der Waals surface area (Å²) >= 11 is 0. The highest BCUT2D eigenvalue weighted by Crippen LogP contribution is 2.24. The first-order valence-electron chi connectivity index (χ1n) is 6.45. The Balaban J connectivity index is 1.81. The second kappa shape index (κ2) is 5.38. The Morgan fingerprint density at radius 1 is 1.12 bits per heavy atom. The zero-order valence-electron chi connectivity index (χ0n) is 10.0. The number of carbonyl (C=O) groups is 2. The highest BCUT2D eigenvalue weighted by molar-refractivity contribution is 5.75. The van der Waals surface area contributed by atoms with Crippen molar-refractivity contribution >= 4 is 12.0 Å². The molecule has 2 fully saturated rings. The minimum absolute atomic E-state index is 0.0152. The molecule has 5 heteroatoms. The number of amides is 2. The van der Waals surface area contributed by atoms with E-state index in [0.29, 0.717) is 6.42 Å². The van der Waals surface area contributed by atoms with Gasteiger partial charge in [-0.25, -0.2) is 4.79 Å². The molecule has 2 unspecified atom stereocenters. The average Bonchev–Trinajstić information content (AvgIpc) is 2.82. The van der Waals surface area contributed by atoms with E-state index >= 15 is 0 Å². The Hall–Kier alpha value is -1.26.